The highest BCUT2D eigenvalue weighted by molar-refractivity contribution is 7.72. The minimum absolute atomic E-state index is 0.378. The predicted octanol–water partition coefficient (Wildman–Crippen LogP) is 4.75. The molecule has 0 saturated carbocycles. The van der Waals surface area contributed by atoms with Gasteiger partial charge in [0.05, 0.1) is 0 Å². The molecule has 0 aromatic heterocycles. The molecule has 0 aliphatic carbocycles. The van der Waals surface area contributed by atoms with Crippen molar-refractivity contribution < 1.29 is 4.57 Å². The number of hydrogen-bond acceptors (Lipinski definition) is 5. The second-order valence-electron chi connectivity index (χ2n) is 9.85. The van der Waals surface area contributed by atoms with Crippen LogP contribution in [-0.4, -0.2) is 79.9 Å². The molecule has 0 N–H and O–H groups in total. The van der Waals surface area contributed by atoms with Crippen LogP contribution in [-0.2, 0) is 4.57 Å². The van der Waals surface area contributed by atoms with Gasteiger partial charge in [0.2, 0.25) is 0 Å². The maximum Gasteiger partial charge on any atom is 0.274 e. The second-order valence-corrected chi connectivity index (χ2v) is 15.7. The van der Waals surface area contributed by atoms with Gasteiger partial charge in [-0.3, -0.25) is 4.57 Å². The highest BCUT2D eigenvalue weighted by atomic mass is 31.2. The average Bonchev–Trinajstić information content (AvgIpc) is 3.02. The second kappa shape index (κ2) is 9.12. The molecule has 2 aliphatic rings. The standard InChI is InChI=1S/C22H43N6OP2/c1-18(2)27(19(3)4)30(28(20(5)6)21(7)8)17-25-16-26(30)24(10)31(29,23(25)9)22-14-12-11-13-15-22/h11-15,18-21H,16-17H2,1-10H3/q+1. The van der Waals surface area contributed by atoms with Crippen LogP contribution in [0.4, 0.5) is 0 Å². The Bertz CT molecular complexity index is 766. The van der Waals surface area contributed by atoms with Gasteiger partial charge >= 0.3 is 0 Å². The van der Waals surface area contributed by atoms with Gasteiger partial charge in [0.25, 0.3) is 15.2 Å². The number of hydrogen-bond donors (Lipinski definition) is 0. The molecular weight excluding hydrogens is 426 g/mol. The van der Waals surface area contributed by atoms with Crippen molar-refractivity contribution >= 4 is 20.5 Å². The van der Waals surface area contributed by atoms with Crippen LogP contribution in [0.3, 0.4) is 0 Å². The molecule has 0 spiro atoms. The van der Waals surface area contributed by atoms with Crippen molar-refractivity contribution in [1.29, 1.82) is 0 Å². The number of rotatable bonds is 7. The molecule has 2 saturated heterocycles. The SMILES string of the molecule is CC(C)N(C(C)C)[P+]1(N(C(C)C)C(C)C)CN2CN1N(C)P(=O)(c1ccccc1)N2C. The zero-order chi connectivity index (χ0) is 23.3. The van der Waals surface area contributed by atoms with Crippen molar-refractivity contribution in [2.24, 2.45) is 0 Å². The van der Waals surface area contributed by atoms with E-state index in [1.807, 2.05) is 49.2 Å². The van der Waals surface area contributed by atoms with E-state index in [2.05, 4.69) is 79.3 Å². The number of fused-ring (bicyclic) bond motifs is 2. The number of benzene rings is 1. The zero-order valence-electron chi connectivity index (χ0n) is 21.1. The average molecular weight is 470 g/mol. The summed E-state index contributed by atoms with van der Waals surface area (Å²) in [5.74, 6) is 0. The van der Waals surface area contributed by atoms with Crippen molar-refractivity contribution in [3.63, 3.8) is 0 Å². The van der Waals surface area contributed by atoms with Crippen molar-refractivity contribution in [3.8, 4) is 0 Å². The van der Waals surface area contributed by atoms with Gasteiger partial charge in [-0.15, -0.1) is 14.1 Å². The normalized spacial score (nSPS) is 29.4. The maximum atomic E-state index is 14.7. The largest absolute Gasteiger partial charge is 0.281 e. The molecule has 176 valence electrons. The van der Waals surface area contributed by atoms with Crippen LogP contribution < -0.4 is 5.30 Å². The smallest absolute Gasteiger partial charge is 0.274 e. The van der Waals surface area contributed by atoms with E-state index in [0.717, 1.165) is 18.3 Å². The molecule has 0 amide bonds. The topological polar surface area (TPSA) is 36.5 Å². The van der Waals surface area contributed by atoms with Crippen molar-refractivity contribution in [2.45, 2.75) is 79.6 Å². The predicted molar refractivity (Wildman–Crippen MR) is 134 cm³/mol. The summed E-state index contributed by atoms with van der Waals surface area (Å²) in [6, 6.07) is 11.5. The summed E-state index contributed by atoms with van der Waals surface area (Å²) in [6.07, 6.45) is 0.886. The van der Waals surface area contributed by atoms with E-state index in [4.69, 9.17) is 0 Å². The van der Waals surface area contributed by atoms with E-state index in [9.17, 15) is 4.57 Å². The van der Waals surface area contributed by atoms with Crippen molar-refractivity contribution in [2.75, 3.05) is 27.0 Å². The Morgan fingerprint density at radius 3 is 1.68 bits per heavy atom. The lowest BCUT2D eigenvalue weighted by Crippen LogP contribution is -2.57. The van der Waals surface area contributed by atoms with Gasteiger partial charge in [-0.25, -0.2) is 0 Å². The minimum atomic E-state index is -2.98. The molecule has 3 atom stereocenters. The first-order valence-electron chi connectivity index (χ1n) is 11.5. The first kappa shape index (κ1) is 25.3. The van der Waals surface area contributed by atoms with Crippen LogP contribution >= 0.6 is 15.2 Å². The van der Waals surface area contributed by atoms with Crippen LogP contribution in [0.15, 0.2) is 30.3 Å². The van der Waals surface area contributed by atoms with Crippen LogP contribution in [0.1, 0.15) is 55.4 Å². The molecule has 2 aliphatic heterocycles. The molecule has 31 heavy (non-hydrogen) atoms. The third kappa shape index (κ3) is 3.86. The van der Waals surface area contributed by atoms with Gasteiger partial charge in [0.1, 0.15) is 6.67 Å². The molecule has 7 nitrogen and oxygen atoms in total. The van der Waals surface area contributed by atoms with E-state index in [1.165, 1.54) is 0 Å². The Labute approximate surface area is 190 Å². The molecular formula is C22H43N6OP2+. The molecule has 3 unspecified atom stereocenters. The number of hydrazine groups is 2. The summed E-state index contributed by atoms with van der Waals surface area (Å²) in [6.45, 7) is 19.2. The number of nitrogens with zero attached hydrogens (tertiary/aromatic N) is 6. The third-order valence-corrected chi connectivity index (χ3v) is 14.8. The lowest BCUT2D eigenvalue weighted by molar-refractivity contribution is -0.00118. The summed E-state index contributed by atoms with van der Waals surface area (Å²) in [4.78, 5) is 0. The Hall–Kier alpha value is -0.360. The molecule has 1 aromatic rings. The van der Waals surface area contributed by atoms with E-state index < -0.39 is 15.2 Å². The summed E-state index contributed by atoms with van der Waals surface area (Å²) >= 11 is 0. The third-order valence-electron chi connectivity index (χ3n) is 6.49. The molecule has 2 heterocycles. The molecule has 0 radical (unpaired) electrons. The Morgan fingerprint density at radius 1 is 0.806 bits per heavy atom. The van der Waals surface area contributed by atoms with E-state index in [1.54, 1.807) is 0 Å². The van der Waals surface area contributed by atoms with Crippen molar-refractivity contribution in [3.05, 3.63) is 30.3 Å². The van der Waals surface area contributed by atoms with Crippen LogP contribution in [0, 0.1) is 0 Å². The summed E-state index contributed by atoms with van der Waals surface area (Å²) in [5.41, 5.74) is 0. The van der Waals surface area contributed by atoms with Gasteiger partial charge in [-0.2, -0.15) is 9.79 Å². The highest BCUT2D eigenvalue weighted by Crippen LogP contribution is 2.78. The van der Waals surface area contributed by atoms with E-state index >= 15 is 0 Å². The molecule has 3 rings (SSSR count). The molecule has 9 heteroatoms. The monoisotopic (exact) mass is 469 g/mol. The van der Waals surface area contributed by atoms with Crippen LogP contribution in [0.25, 0.3) is 0 Å². The first-order valence-corrected chi connectivity index (χ1v) is 15.0. The fraction of sp³-hybridized carbons (Fsp3) is 0.727. The van der Waals surface area contributed by atoms with Gasteiger partial charge in [-0.05, 0) is 67.5 Å². The Kier molecular flexibility index (Phi) is 7.43. The fourth-order valence-corrected chi connectivity index (χ4v) is 14.5. The first-order chi connectivity index (χ1) is 14.4. The maximum absolute atomic E-state index is 14.7. The molecule has 2 bridgehead atoms. The van der Waals surface area contributed by atoms with Gasteiger partial charge < -0.3 is 0 Å². The Morgan fingerprint density at radius 2 is 1.26 bits per heavy atom. The highest BCUT2D eigenvalue weighted by Gasteiger charge is 2.71. The van der Waals surface area contributed by atoms with E-state index in [-0.39, 0.29) is 0 Å². The summed E-state index contributed by atoms with van der Waals surface area (Å²) in [7, 11) is -0.990. The summed E-state index contributed by atoms with van der Waals surface area (Å²) in [5, 5.41) is 3.22. The molecule has 2 fully saturated rings. The van der Waals surface area contributed by atoms with E-state index in [0.29, 0.717) is 24.2 Å². The Balaban J connectivity index is 2.25. The summed E-state index contributed by atoms with van der Waals surface area (Å²) < 4.78 is 26.8. The van der Waals surface area contributed by atoms with Gasteiger partial charge in [-0.1, -0.05) is 23.0 Å². The van der Waals surface area contributed by atoms with Crippen molar-refractivity contribution in [1.82, 2.24) is 28.7 Å². The van der Waals surface area contributed by atoms with Gasteiger partial charge in [0, 0.05) is 43.6 Å². The molecule has 1 aromatic carbocycles. The quantitative estimate of drug-likeness (QED) is 0.534. The van der Waals surface area contributed by atoms with Crippen LogP contribution in [0.5, 0.6) is 0 Å². The lowest BCUT2D eigenvalue weighted by Gasteiger charge is -2.51. The van der Waals surface area contributed by atoms with Gasteiger partial charge in [0.15, 0.2) is 6.29 Å². The minimum Gasteiger partial charge on any atom is -0.281 e. The zero-order valence-corrected chi connectivity index (χ0v) is 22.9. The fourth-order valence-electron chi connectivity index (χ4n) is 5.70. The van der Waals surface area contributed by atoms with Crippen LogP contribution in [0.2, 0.25) is 0 Å². The lowest BCUT2D eigenvalue weighted by atomic mass is 10.3.